The van der Waals surface area contributed by atoms with Crippen LogP contribution in [0.2, 0.25) is 0 Å². The van der Waals surface area contributed by atoms with Crippen molar-refractivity contribution in [1.82, 2.24) is 0 Å². The van der Waals surface area contributed by atoms with Gasteiger partial charge in [0, 0.05) is 0 Å². The van der Waals surface area contributed by atoms with Crippen molar-refractivity contribution in [1.29, 1.82) is 5.26 Å². The van der Waals surface area contributed by atoms with Crippen molar-refractivity contribution in [3.63, 3.8) is 0 Å². The standard InChI is InChI=1S/C17H26N2O2/c1-17(2,13-19)9-4-5-11-21-16-12-14(8-10-18)6-7-15(16)20-3/h6-7,12H,4-5,8-11,18H2,1-3H3. The van der Waals surface area contributed by atoms with Crippen LogP contribution >= 0.6 is 0 Å². The molecule has 0 aliphatic carbocycles. The number of methoxy groups -OCH3 is 1. The first kappa shape index (κ1) is 17.3. The molecular weight excluding hydrogens is 264 g/mol. The molecule has 0 heterocycles. The average molecular weight is 290 g/mol. The van der Waals surface area contributed by atoms with Gasteiger partial charge in [-0.15, -0.1) is 0 Å². The monoisotopic (exact) mass is 290 g/mol. The van der Waals surface area contributed by atoms with Gasteiger partial charge in [-0.05, 0) is 63.8 Å². The molecule has 0 aliphatic heterocycles. The normalized spacial score (nSPS) is 11.0. The van der Waals surface area contributed by atoms with Gasteiger partial charge in [-0.3, -0.25) is 0 Å². The second-order valence-electron chi connectivity index (χ2n) is 5.83. The lowest BCUT2D eigenvalue weighted by Gasteiger charge is -2.15. The molecule has 0 fully saturated rings. The molecule has 1 aromatic carbocycles. The summed E-state index contributed by atoms with van der Waals surface area (Å²) in [5.74, 6) is 1.51. The predicted molar refractivity (Wildman–Crippen MR) is 84.5 cm³/mol. The van der Waals surface area contributed by atoms with E-state index in [1.54, 1.807) is 7.11 Å². The summed E-state index contributed by atoms with van der Waals surface area (Å²) in [5.41, 5.74) is 6.48. The Kier molecular flexibility index (Phi) is 7.04. The Bertz CT molecular complexity index is 478. The molecule has 0 amide bonds. The summed E-state index contributed by atoms with van der Waals surface area (Å²) in [6, 6.07) is 8.23. The van der Waals surface area contributed by atoms with Crippen molar-refractivity contribution >= 4 is 0 Å². The van der Waals surface area contributed by atoms with Crippen LogP contribution in [0.25, 0.3) is 0 Å². The first-order valence-corrected chi connectivity index (χ1v) is 7.43. The average Bonchev–Trinajstić information content (AvgIpc) is 2.47. The number of benzene rings is 1. The van der Waals surface area contributed by atoms with Gasteiger partial charge in [-0.2, -0.15) is 5.26 Å². The van der Waals surface area contributed by atoms with Gasteiger partial charge in [0.25, 0.3) is 0 Å². The minimum absolute atomic E-state index is 0.251. The second kappa shape index (κ2) is 8.53. The van der Waals surface area contributed by atoms with Crippen LogP contribution in [0.5, 0.6) is 11.5 Å². The largest absolute Gasteiger partial charge is 0.493 e. The Morgan fingerprint density at radius 1 is 1.24 bits per heavy atom. The third-order valence-electron chi connectivity index (χ3n) is 3.42. The van der Waals surface area contributed by atoms with Gasteiger partial charge in [0.05, 0.1) is 25.2 Å². The molecule has 1 rings (SSSR count). The van der Waals surface area contributed by atoms with Crippen molar-refractivity contribution in [2.24, 2.45) is 11.1 Å². The molecule has 0 saturated carbocycles. The van der Waals surface area contributed by atoms with Crippen LogP contribution in [0.15, 0.2) is 18.2 Å². The van der Waals surface area contributed by atoms with Gasteiger partial charge in [0.2, 0.25) is 0 Å². The summed E-state index contributed by atoms with van der Waals surface area (Å²) >= 11 is 0. The van der Waals surface area contributed by atoms with Gasteiger partial charge in [-0.1, -0.05) is 6.07 Å². The number of nitriles is 1. The molecule has 0 saturated heterocycles. The van der Waals surface area contributed by atoms with Gasteiger partial charge in [0.15, 0.2) is 11.5 Å². The van der Waals surface area contributed by atoms with E-state index in [0.29, 0.717) is 13.2 Å². The zero-order chi connectivity index (χ0) is 15.7. The molecule has 0 spiro atoms. The van der Waals surface area contributed by atoms with E-state index in [1.807, 2.05) is 32.0 Å². The van der Waals surface area contributed by atoms with E-state index in [2.05, 4.69) is 6.07 Å². The van der Waals surface area contributed by atoms with Crippen LogP contribution in [-0.2, 0) is 6.42 Å². The topological polar surface area (TPSA) is 68.3 Å². The third-order valence-corrected chi connectivity index (χ3v) is 3.42. The Balaban J connectivity index is 2.47. The number of hydrogen-bond acceptors (Lipinski definition) is 4. The summed E-state index contributed by atoms with van der Waals surface area (Å²) in [7, 11) is 1.64. The number of hydrogen-bond donors (Lipinski definition) is 1. The van der Waals surface area contributed by atoms with Crippen molar-refractivity contribution in [3.05, 3.63) is 23.8 Å². The van der Waals surface area contributed by atoms with Crippen LogP contribution in [0, 0.1) is 16.7 Å². The number of nitrogens with two attached hydrogens (primary N) is 1. The second-order valence-corrected chi connectivity index (χ2v) is 5.83. The minimum atomic E-state index is -0.251. The first-order chi connectivity index (χ1) is 10.0. The van der Waals surface area contributed by atoms with Crippen LogP contribution in [0.1, 0.15) is 38.7 Å². The summed E-state index contributed by atoms with van der Waals surface area (Å²) in [6.07, 6.45) is 3.62. The fraction of sp³-hybridized carbons (Fsp3) is 0.588. The predicted octanol–water partition coefficient (Wildman–Crippen LogP) is 3.30. The number of ether oxygens (including phenoxy) is 2. The molecule has 0 atom stereocenters. The van der Waals surface area contributed by atoms with E-state index in [9.17, 15) is 0 Å². The van der Waals surface area contributed by atoms with Crippen molar-refractivity contribution < 1.29 is 9.47 Å². The molecule has 0 radical (unpaired) electrons. The number of unbranched alkanes of at least 4 members (excludes halogenated alkanes) is 1. The third kappa shape index (κ3) is 6.05. The maximum Gasteiger partial charge on any atom is 0.161 e. The Hall–Kier alpha value is -1.73. The fourth-order valence-electron chi connectivity index (χ4n) is 2.06. The van der Waals surface area contributed by atoms with E-state index >= 15 is 0 Å². The lowest BCUT2D eigenvalue weighted by atomic mass is 9.89. The first-order valence-electron chi connectivity index (χ1n) is 7.43. The summed E-state index contributed by atoms with van der Waals surface area (Å²) < 4.78 is 11.1. The van der Waals surface area contributed by atoms with Crippen molar-refractivity contribution in [3.8, 4) is 17.6 Å². The van der Waals surface area contributed by atoms with Crippen LogP contribution in [0.4, 0.5) is 0 Å². The SMILES string of the molecule is COc1ccc(CCN)cc1OCCCCC(C)(C)C#N. The number of rotatable bonds is 9. The molecular formula is C17H26N2O2. The zero-order valence-electron chi connectivity index (χ0n) is 13.3. The lowest BCUT2D eigenvalue weighted by Crippen LogP contribution is -2.08. The summed E-state index contributed by atoms with van der Waals surface area (Å²) in [5, 5.41) is 8.97. The lowest BCUT2D eigenvalue weighted by molar-refractivity contribution is 0.278. The van der Waals surface area contributed by atoms with Gasteiger partial charge in [-0.25, -0.2) is 0 Å². The minimum Gasteiger partial charge on any atom is -0.493 e. The summed E-state index contributed by atoms with van der Waals surface area (Å²) in [4.78, 5) is 0. The van der Waals surface area contributed by atoms with Crippen LogP contribution in [0.3, 0.4) is 0 Å². The maximum absolute atomic E-state index is 8.97. The number of nitrogens with zero attached hydrogens (tertiary/aromatic N) is 1. The zero-order valence-corrected chi connectivity index (χ0v) is 13.3. The Morgan fingerprint density at radius 2 is 2.00 bits per heavy atom. The highest BCUT2D eigenvalue weighted by Crippen LogP contribution is 2.29. The van der Waals surface area contributed by atoms with Crippen LogP contribution < -0.4 is 15.2 Å². The van der Waals surface area contributed by atoms with E-state index in [4.69, 9.17) is 20.5 Å². The molecule has 21 heavy (non-hydrogen) atoms. The highest BCUT2D eigenvalue weighted by molar-refractivity contribution is 5.43. The summed E-state index contributed by atoms with van der Waals surface area (Å²) in [6.45, 7) is 5.18. The highest BCUT2D eigenvalue weighted by Gasteiger charge is 2.15. The van der Waals surface area contributed by atoms with E-state index < -0.39 is 0 Å². The fourth-order valence-corrected chi connectivity index (χ4v) is 2.06. The maximum atomic E-state index is 8.97. The molecule has 0 unspecified atom stereocenters. The van der Waals surface area contributed by atoms with Gasteiger partial charge in [0.1, 0.15) is 0 Å². The Morgan fingerprint density at radius 3 is 2.62 bits per heavy atom. The molecule has 116 valence electrons. The van der Waals surface area contributed by atoms with E-state index in [-0.39, 0.29) is 5.41 Å². The van der Waals surface area contributed by atoms with Gasteiger partial charge < -0.3 is 15.2 Å². The molecule has 2 N–H and O–H groups in total. The molecule has 0 aromatic heterocycles. The molecule has 0 bridgehead atoms. The van der Waals surface area contributed by atoms with Crippen molar-refractivity contribution in [2.75, 3.05) is 20.3 Å². The molecule has 4 nitrogen and oxygen atoms in total. The van der Waals surface area contributed by atoms with Crippen LogP contribution in [-0.4, -0.2) is 20.3 Å². The van der Waals surface area contributed by atoms with E-state index in [0.717, 1.165) is 42.7 Å². The van der Waals surface area contributed by atoms with Gasteiger partial charge >= 0.3 is 0 Å². The highest BCUT2D eigenvalue weighted by atomic mass is 16.5. The molecule has 1 aromatic rings. The molecule has 4 heteroatoms. The smallest absolute Gasteiger partial charge is 0.161 e. The quantitative estimate of drug-likeness (QED) is 0.709. The molecule has 0 aliphatic rings. The van der Waals surface area contributed by atoms with Crippen molar-refractivity contribution in [2.45, 2.75) is 39.5 Å². The Labute approximate surface area is 127 Å². The van der Waals surface area contributed by atoms with E-state index in [1.165, 1.54) is 0 Å².